The summed E-state index contributed by atoms with van der Waals surface area (Å²) in [5.41, 5.74) is 5.35. The van der Waals surface area contributed by atoms with Gasteiger partial charge in [0.25, 0.3) is 0 Å². The number of fused-ring (bicyclic) bond motifs is 1. The third-order valence-corrected chi connectivity index (χ3v) is 6.19. The molecule has 2 N–H and O–H groups in total. The second kappa shape index (κ2) is 9.88. The van der Waals surface area contributed by atoms with Crippen LogP contribution in [0.15, 0.2) is 77.7 Å². The molecule has 33 heavy (non-hydrogen) atoms. The van der Waals surface area contributed by atoms with E-state index in [4.69, 9.17) is 5.11 Å². The maximum absolute atomic E-state index is 14.0. The molecule has 3 aromatic carbocycles. The number of carbonyl (C=O) groups is 2. The molecule has 0 aromatic heterocycles. The van der Waals surface area contributed by atoms with E-state index in [0.29, 0.717) is 0 Å². The third kappa shape index (κ3) is 5.41. The predicted octanol–water partition coefficient (Wildman–Crippen LogP) is 5.89. The largest absolute Gasteiger partial charge is 0.478 e. The van der Waals surface area contributed by atoms with Crippen molar-refractivity contribution in [2.45, 2.75) is 17.9 Å². The Balaban J connectivity index is 1.50. The molecule has 6 heteroatoms. The van der Waals surface area contributed by atoms with Gasteiger partial charge in [0.15, 0.2) is 0 Å². The molecule has 3 aromatic rings. The molecule has 0 atom stereocenters. The Bertz CT molecular complexity index is 1260. The number of allylic oxidation sites excluding steroid dienone is 2. The summed E-state index contributed by atoms with van der Waals surface area (Å²) in [5.74, 6) is -1.53. The molecule has 166 valence electrons. The molecule has 0 radical (unpaired) electrons. The van der Waals surface area contributed by atoms with Crippen molar-refractivity contribution >= 4 is 40.9 Å². The molecule has 4 rings (SSSR count). The first kappa shape index (κ1) is 22.6. The van der Waals surface area contributed by atoms with Crippen LogP contribution in [-0.2, 0) is 11.3 Å². The summed E-state index contributed by atoms with van der Waals surface area (Å²) >= 11 is 1.68. The first-order chi connectivity index (χ1) is 15.9. The van der Waals surface area contributed by atoms with Crippen LogP contribution < -0.4 is 5.32 Å². The van der Waals surface area contributed by atoms with Gasteiger partial charge in [-0.2, -0.15) is 0 Å². The van der Waals surface area contributed by atoms with Gasteiger partial charge in [0, 0.05) is 11.4 Å². The number of carboxylic acids is 1. The Hall–Kier alpha value is -3.64. The number of carboxylic acid groups (broad SMARTS) is 1. The van der Waals surface area contributed by atoms with Crippen LogP contribution in [0.2, 0.25) is 0 Å². The summed E-state index contributed by atoms with van der Waals surface area (Å²) in [7, 11) is 0. The Kier molecular flexibility index (Phi) is 6.75. The number of hydrogen-bond acceptors (Lipinski definition) is 3. The number of hydrogen-bond donors (Lipinski definition) is 2. The number of halogens is 1. The first-order valence-electron chi connectivity index (χ1n) is 10.4. The molecule has 0 bridgehead atoms. The SMILES string of the molecule is CSc1ccc(/C=C2\C=C(CC(=O)NCc3ccc(C(=O)O)cc3)c3cc(F)ccc32)cc1. The number of rotatable bonds is 7. The molecule has 0 fully saturated rings. The smallest absolute Gasteiger partial charge is 0.335 e. The fourth-order valence-corrected chi connectivity index (χ4v) is 4.13. The number of amides is 1. The van der Waals surface area contributed by atoms with Crippen LogP contribution in [0, 0.1) is 5.82 Å². The van der Waals surface area contributed by atoms with E-state index in [2.05, 4.69) is 17.4 Å². The summed E-state index contributed by atoms with van der Waals surface area (Å²) < 4.78 is 14.0. The number of nitrogens with one attached hydrogen (secondary N) is 1. The van der Waals surface area contributed by atoms with E-state index in [1.54, 1.807) is 30.0 Å². The monoisotopic (exact) mass is 459 g/mol. The second-order valence-electron chi connectivity index (χ2n) is 7.69. The lowest BCUT2D eigenvalue weighted by atomic mass is 10.0. The molecule has 4 nitrogen and oxygen atoms in total. The zero-order valence-electron chi connectivity index (χ0n) is 18.0. The lowest BCUT2D eigenvalue weighted by molar-refractivity contribution is -0.120. The van der Waals surface area contributed by atoms with Gasteiger partial charge in [-0.3, -0.25) is 4.79 Å². The maximum atomic E-state index is 14.0. The minimum absolute atomic E-state index is 0.117. The molecule has 0 aliphatic heterocycles. The first-order valence-corrected chi connectivity index (χ1v) is 11.6. The molecular formula is C27H22FNO3S. The number of thioether (sulfide) groups is 1. The van der Waals surface area contributed by atoms with Crippen molar-refractivity contribution in [3.63, 3.8) is 0 Å². The van der Waals surface area contributed by atoms with Crippen molar-refractivity contribution in [2.75, 3.05) is 6.26 Å². The molecule has 1 amide bonds. The van der Waals surface area contributed by atoms with Crippen LogP contribution in [0.25, 0.3) is 17.2 Å². The summed E-state index contributed by atoms with van der Waals surface area (Å²) in [6, 6.07) is 19.2. The fourth-order valence-electron chi connectivity index (χ4n) is 3.72. The van der Waals surface area contributed by atoms with E-state index in [0.717, 1.165) is 33.4 Å². The second-order valence-corrected chi connectivity index (χ2v) is 8.57. The molecule has 0 spiro atoms. The Morgan fingerprint density at radius 3 is 2.39 bits per heavy atom. The van der Waals surface area contributed by atoms with Crippen LogP contribution in [0.4, 0.5) is 4.39 Å². The standard InChI is InChI=1S/C27H22FNO3S/c1-33-23-9-4-17(5-10-23)12-20-13-21(25-15-22(28)8-11-24(20)25)14-26(30)29-16-18-2-6-19(7-3-18)27(31)32/h2-13,15H,14,16H2,1H3,(H,29,30)(H,31,32)/b20-12+. The highest BCUT2D eigenvalue weighted by Crippen LogP contribution is 2.38. The van der Waals surface area contributed by atoms with Gasteiger partial charge in [0.2, 0.25) is 5.91 Å². The average molecular weight is 460 g/mol. The van der Waals surface area contributed by atoms with Gasteiger partial charge >= 0.3 is 5.97 Å². The van der Waals surface area contributed by atoms with Gasteiger partial charge in [-0.1, -0.05) is 30.3 Å². The third-order valence-electron chi connectivity index (χ3n) is 5.45. The molecule has 1 aliphatic rings. The van der Waals surface area contributed by atoms with Crippen molar-refractivity contribution in [3.05, 3.63) is 106 Å². The van der Waals surface area contributed by atoms with E-state index in [1.807, 2.05) is 30.5 Å². The molecule has 0 heterocycles. The van der Waals surface area contributed by atoms with E-state index in [-0.39, 0.29) is 30.3 Å². The number of aromatic carboxylic acids is 1. The lowest BCUT2D eigenvalue weighted by Crippen LogP contribution is -2.22. The van der Waals surface area contributed by atoms with Gasteiger partial charge in [-0.05, 0) is 88.2 Å². The van der Waals surface area contributed by atoms with Crippen LogP contribution >= 0.6 is 11.8 Å². The number of carbonyl (C=O) groups excluding carboxylic acids is 1. The van der Waals surface area contributed by atoms with Gasteiger partial charge in [0.1, 0.15) is 5.82 Å². The van der Waals surface area contributed by atoms with Crippen molar-refractivity contribution in [2.24, 2.45) is 0 Å². The minimum atomic E-state index is -0.992. The highest BCUT2D eigenvalue weighted by molar-refractivity contribution is 7.98. The Morgan fingerprint density at radius 1 is 1.00 bits per heavy atom. The molecule has 0 saturated carbocycles. The Labute approximate surface area is 195 Å². The zero-order chi connectivity index (χ0) is 23.4. The number of benzene rings is 3. The van der Waals surface area contributed by atoms with Crippen LogP contribution in [0.3, 0.4) is 0 Å². The van der Waals surface area contributed by atoms with Crippen LogP contribution in [0.1, 0.15) is 39.0 Å². The maximum Gasteiger partial charge on any atom is 0.335 e. The highest BCUT2D eigenvalue weighted by Gasteiger charge is 2.21. The summed E-state index contributed by atoms with van der Waals surface area (Å²) in [5, 5.41) is 11.8. The van der Waals surface area contributed by atoms with Crippen LogP contribution in [-0.4, -0.2) is 23.2 Å². The van der Waals surface area contributed by atoms with E-state index >= 15 is 0 Å². The highest BCUT2D eigenvalue weighted by atomic mass is 32.2. The molecule has 1 aliphatic carbocycles. The van der Waals surface area contributed by atoms with Crippen molar-refractivity contribution in [1.82, 2.24) is 5.32 Å². The van der Waals surface area contributed by atoms with E-state index < -0.39 is 5.97 Å². The Morgan fingerprint density at radius 2 is 1.73 bits per heavy atom. The fraction of sp³-hybridized carbons (Fsp3) is 0.111. The van der Waals surface area contributed by atoms with Crippen LogP contribution in [0.5, 0.6) is 0 Å². The summed E-state index contributed by atoms with van der Waals surface area (Å²) in [4.78, 5) is 24.8. The van der Waals surface area contributed by atoms with Gasteiger partial charge in [-0.25, -0.2) is 9.18 Å². The molecule has 0 unspecified atom stereocenters. The van der Waals surface area contributed by atoms with Crippen molar-refractivity contribution in [1.29, 1.82) is 0 Å². The van der Waals surface area contributed by atoms with Crippen molar-refractivity contribution in [3.8, 4) is 0 Å². The predicted molar refractivity (Wildman–Crippen MR) is 130 cm³/mol. The topological polar surface area (TPSA) is 66.4 Å². The molecule has 0 saturated heterocycles. The van der Waals surface area contributed by atoms with Crippen molar-refractivity contribution < 1.29 is 19.1 Å². The zero-order valence-corrected chi connectivity index (χ0v) is 18.8. The average Bonchev–Trinajstić information content (AvgIpc) is 3.14. The quantitative estimate of drug-likeness (QED) is 0.433. The summed E-state index contributed by atoms with van der Waals surface area (Å²) in [6.45, 7) is 0.284. The van der Waals surface area contributed by atoms with Gasteiger partial charge in [-0.15, -0.1) is 11.8 Å². The van der Waals surface area contributed by atoms with Gasteiger partial charge < -0.3 is 10.4 Å². The summed E-state index contributed by atoms with van der Waals surface area (Å²) in [6.07, 6.45) is 6.12. The van der Waals surface area contributed by atoms with E-state index in [9.17, 15) is 14.0 Å². The van der Waals surface area contributed by atoms with Gasteiger partial charge in [0.05, 0.1) is 12.0 Å². The normalized spacial score (nSPS) is 13.5. The minimum Gasteiger partial charge on any atom is -0.478 e. The lowest BCUT2D eigenvalue weighted by Gasteiger charge is -2.08. The molecular weight excluding hydrogens is 437 g/mol. The van der Waals surface area contributed by atoms with E-state index in [1.165, 1.54) is 29.2 Å².